The second-order valence-electron chi connectivity index (χ2n) is 7.38. The fourth-order valence-electron chi connectivity index (χ4n) is 3.52. The van der Waals surface area contributed by atoms with Crippen molar-refractivity contribution in [3.05, 3.63) is 71.4 Å². The molecule has 0 radical (unpaired) electrons. The van der Waals surface area contributed by atoms with E-state index >= 15 is 0 Å². The largest absolute Gasteiger partial charge is 0.416 e. The molecule has 0 bridgehead atoms. The van der Waals surface area contributed by atoms with Crippen LogP contribution < -0.4 is 9.62 Å². The van der Waals surface area contributed by atoms with Gasteiger partial charge in [0.2, 0.25) is 10.0 Å². The normalized spacial score (nSPS) is 15.7. The predicted octanol–water partition coefficient (Wildman–Crippen LogP) is 3.99. The summed E-state index contributed by atoms with van der Waals surface area (Å²) in [7, 11) is -3.40. The summed E-state index contributed by atoms with van der Waals surface area (Å²) in [6.07, 6.45) is -4.01. The van der Waals surface area contributed by atoms with Gasteiger partial charge in [0.1, 0.15) is 5.82 Å². The lowest BCUT2D eigenvalue weighted by molar-refractivity contribution is -0.137. The van der Waals surface area contributed by atoms with Crippen LogP contribution in [0.1, 0.15) is 28.0 Å². The van der Waals surface area contributed by atoms with Gasteiger partial charge in [-0.05, 0) is 49.7 Å². The average molecular weight is 464 g/mol. The van der Waals surface area contributed by atoms with Crippen LogP contribution in [0.15, 0.2) is 54.6 Å². The Labute approximate surface area is 182 Å². The smallest absolute Gasteiger partial charge is 0.306 e. The molecule has 0 aliphatic carbocycles. The number of rotatable bonds is 4. The first-order valence-electron chi connectivity index (χ1n) is 9.71. The van der Waals surface area contributed by atoms with Crippen LogP contribution in [0.3, 0.4) is 0 Å². The topological polar surface area (TPSA) is 84.3 Å². The molecule has 168 valence electrons. The summed E-state index contributed by atoms with van der Waals surface area (Å²) in [5, 5.41) is 6.85. The molecule has 0 atom stereocenters. The maximum atomic E-state index is 13.1. The van der Waals surface area contributed by atoms with Gasteiger partial charge in [-0.2, -0.15) is 18.3 Å². The molecule has 11 heteroatoms. The summed E-state index contributed by atoms with van der Waals surface area (Å²) < 4.78 is 66.1. The van der Waals surface area contributed by atoms with Crippen LogP contribution in [0.5, 0.6) is 0 Å². The van der Waals surface area contributed by atoms with Gasteiger partial charge in [0.05, 0.1) is 28.4 Å². The predicted molar refractivity (Wildman–Crippen MR) is 113 cm³/mol. The Hall–Kier alpha value is -3.34. The van der Waals surface area contributed by atoms with Crippen molar-refractivity contribution >= 4 is 27.4 Å². The molecule has 4 rings (SSSR count). The molecule has 1 amide bonds. The van der Waals surface area contributed by atoms with Crippen molar-refractivity contribution in [2.24, 2.45) is 0 Å². The van der Waals surface area contributed by atoms with Crippen LogP contribution in [0.25, 0.3) is 5.69 Å². The van der Waals surface area contributed by atoms with Crippen molar-refractivity contribution in [2.45, 2.75) is 19.5 Å². The van der Waals surface area contributed by atoms with Gasteiger partial charge in [-0.3, -0.25) is 9.10 Å². The van der Waals surface area contributed by atoms with E-state index in [9.17, 15) is 26.4 Å². The maximum absolute atomic E-state index is 13.1. The van der Waals surface area contributed by atoms with E-state index in [-0.39, 0.29) is 22.8 Å². The standard InChI is InChI=1S/C21H19F3N4O3S/c1-14-11-19(28(26-14)18-8-3-6-16(13-18)21(22,23)24)25-20(29)15-5-2-7-17(12-15)27-9-4-10-32(27,30)31/h2-3,5-8,11-13H,4,9-10H2,1H3,(H,25,29). The minimum Gasteiger partial charge on any atom is -0.306 e. The highest BCUT2D eigenvalue weighted by atomic mass is 32.2. The van der Waals surface area contributed by atoms with Crippen LogP contribution in [-0.4, -0.2) is 36.4 Å². The second kappa shape index (κ2) is 7.97. The van der Waals surface area contributed by atoms with Crippen molar-refractivity contribution in [3.8, 4) is 5.69 Å². The number of hydrogen-bond donors (Lipinski definition) is 1. The molecule has 1 aliphatic heterocycles. The highest BCUT2D eigenvalue weighted by Crippen LogP contribution is 2.31. The third-order valence-corrected chi connectivity index (χ3v) is 6.86. The lowest BCUT2D eigenvalue weighted by Crippen LogP contribution is -2.25. The summed E-state index contributed by atoms with van der Waals surface area (Å²) >= 11 is 0. The molecule has 7 nitrogen and oxygen atoms in total. The Morgan fingerprint density at radius 1 is 1.06 bits per heavy atom. The quantitative estimate of drug-likeness (QED) is 0.633. The molecule has 1 aliphatic rings. The molecule has 2 heterocycles. The highest BCUT2D eigenvalue weighted by Gasteiger charge is 2.31. The number of anilines is 2. The van der Waals surface area contributed by atoms with E-state index in [0.717, 1.165) is 12.1 Å². The number of aromatic nitrogens is 2. The van der Waals surface area contributed by atoms with E-state index in [0.29, 0.717) is 24.3 Å². The zero-order valence-corrected chi connectivity index (χ0v) is 17.7. The Morgan fingerprint density at radius 2 is 1.78 bits per heavy atom. The highest BCUT2D eigenvalue weighted by molar-refractivity contribution is 7.93. The van der Waals surface area contributed by atoms with Crippen molar-refractivity contribution in [1.82, 2.24) is 9.78 Å². The number of sulfonamides is 1. The van der Waals surface area contributed by atoms with Gasteiger partial charge in [0.25, 0.3) is 5.91 Å². The monoisotopic (exact) mass is 464 g/mol. The molecule has 32 heavy (non-hydrogen) atoms. The number of benzene rings is 2. The average Bonchev–Trinajstić information content (AvgIpc) is 3.28. The van der Waals surface area contributed by atoms with Gasteiger partial charge < -0.3 is 5.32 Å². The molecule has 3 aromatic rings. The number of aryl methyl sites for hydroxylation is 1. The number of alkyl halides is 3. The number of carbonyl (C=O) groups excluding carboxylic acids is 1. The molecule has 1 saturated heterocycles. The second-order valence-corrected chi connectivity index (χ2v) is 9.39. The Balaban J connectivity index is 1.63. The van der Waals surface area contributed by atoms with Crippen LogP contribution in [0, 0.1) is 6.92 Å². The molecular formula is C21H19F3N4O3S. The maximum Gasteiger partial charge on any atom is 0.416 e. The minimum atomic E-state index is -4.52. The summed E-state index contributed by atoms with van der Waals surface area (Å²) in [5.74, 6) is -0.304. The molecule has 0 saturated carbocycles. The first kappa shape index (κ1) is 21.9. The van der Waals surface area contributed by atoms with Crippen LogP contribution in [-0.2, 0) is 16.2 Å². The summed E-state index contributed by atoms with van der Waals surface area (Å²) in [5.41, 5.74) is 0.395. The van der Waals surface area contributed by atoms with Crippen LogP contribution >= 0.6 is 0 Å². The number of amides is 1. The van der Waals surface area contributed by atoms with E-state index in [2.05, 4.69) is 10.4 Å². The van der Waals surface area contributed by atoms with Gasteiger partial charge in [-0.15, -0.1) is 0 Å². The van der Waals surface area contributed by atoms with Gasteiger partial charge >= 0.3 is 6.18 Å². The summed E-state index contributed by atoms with van der Waals surface area (Å²) in [6.45, 7) is 1.99. The minimum absolute atomic E-state index is 0.0544. The van der Waals surface area contributed by atoms with Crippen molar-refractivity contribution in [3.63, 3.8) is 0 Å². The first-order valence-corrected chi connectivity index (χ1v) is 11.3. The molecule has 0 unspecified atom stereocenters. The summed E-state index contributed by atoms with van der Waals surface area (Å²) in [4.78, 5) is 12.9. The molecule has 1 fully saturated rings. The number of halogens is 3. The van der Waals surface area contributed by atoms with Crippen LogP contribution in [0.2, 0.25) is 0 Å². The fraction of sp³-hybridized carbons (Fsp3) is 0.238. The SMILES string of the molecule is Cc1cc(NC(=O)c2cccc(N3CCCS3(=O)=O)c2)n(-c2cccc(C(F)(F)F)c2)n1. The lowest BCUT2D eigenvalue weighted by Gasteiger charge is -2.17. The van der Waals surface area contributed by atoms with Crippen molar-refractivity contribution in [1.29, 1.82) is 0 Å². The lowest BCUT2D eigenvalue weighted by atomic mass is 10.2. The molecule has 0 spiro atoms. The fourth-order valence-corrected chi connectivity index (χ4v) is 5.08. The zero-order chi connectivity index (χ0) is 23.1. The van der Waals surface area contributed by atoms with Crippen molar-refractivity contribution in [2.75, 3.05) is 21.9 Å². The van der Waals surface area contributed by atoms with Gasteiger partial charge in [0.15, 0.2) is 0 Å². The van der Waals surface area contributed by atoms with Crippen molar-refractivity contribution < 1.29 is 26.4 Å². The Morgan fingerprint density at radius 3 is 2.47 bits per heavy atom. The Bertz CT molecular complexity index is 1290. The molecule has 2 aromatic carbocycles. The van der Waals surface area contributed by atoms with E-state index in [4.69, 9.17) is 0 Å². The number of carbonyl (C=O) groups is 1. The molecule has 1 N–H and O–H groups in total. The number of hydrogen-bond acceptors (Lipinski definition) is 4. The first-order chi connectivity index (χ1) is 15.0. The van der Waals surface area contributed by atoms with E-state index < -0.39 is 27.7 Å². The number of nitrogens with zero attached hydrogens (tertiary/aromatic N) is 3. The third kappa shape index (κ3) is 4.33. The zero-order valence-electron chi connectivity index (χ0n) is 16.9. The van der Waals surface area contributed by atoms with Crippen LogP contribution in [0.4, 0.5) is 24.7 Å². The van der Waals surface area contributed by atoms with E-state index in [1.165, 1.54) is 39.3 Å². The summed E-state index contributed by atoms with van der Waals surface area (Å²) in [6, 6.07) is 12.3. The van der Waals surface area contributed by atoms with E-state index in [1.54, 1.807) is 19.1 Å². The molecular weight excluding hydrogens is 445 g/mol. The van der Waals surface area contributed by atoms with Gasteiger partial charge in [0, 0.05) is 18.2 Å². The van der Waals surface area contributed by atoms with Gasteiger partial charge in [-0.1, -0.05) is 12.1 Å². The van der Waals surface area contributed by atoms with Gasteiger partial charge in [-0.25, -0.2) is 13.1 Å². The Kier molecular flexibility index (Phi) is 5.45. The molecule has 1 aromatic heterocycles. The number of nitrogens with one attached hydrogen (secondary N) is 1. The van der Waals surface area contributed by atoms with E-state index in [1.807, 2.05) is 0 Å². The third-order valence-electron chi connectivity index (χ3n) is 4.99.